The lowest BCUT2D eigenvalue weighted by Crippen LogP contribution is -2.10. The monoisotopic (exact) mass is 250 g/mol. The van der Waals surface area contributed by atoms with Crippen molar-refractivity contribution in [3.05, 3.63) is 29.7 Å². The minimum Gasteiger partial charge on any atom is -0.384 e. The predicted molar refractivity (Wildman–Crippen MR) is 61.1 cm³/mol. The molecular formula is C11H14N4O3. The van der Waals surface area contributed by atoms with E-state index in [2.05, 4.69) is 15.2 Å². The largest absolute Gasteiger partial charge is 0.384 e. The van der Waals surface area contributed by atoms with Gasteiger partial charge in [-0.05, 0) is 6.07 Å². The lowest BCUT2D eigenvalue weighted by Gasteiger charge is -1.97. The normalized spacial score (nSPS) is 10.8. The van der Waals surface area contributed by atoms with Crippen LogP contribution in [0, 0.1) is 0 Å². The Hall–Kier alpha value is -2.02. The van der Waals surface area contributed by atoms with Gasteiger partial charge >= 0.3 is 0 Å². The highest BCUT2D eigenvalue weighted by Crippen LogP contribution is 2.05. The third-order valence-corrected chi connectivity index (χ3v) is 2.46. The number of ether oxygens (including phenoxy) is 1. The number of aromatic nitrogens is 4. The van der Waals surface area contributed by atoms with Crippen molar-refractivity contribution in [2.24, 2.45) is 7.05 Å². The smallest absolute Gasteiger partial charge is 0.234 e. The summed E-state index contributed by atoms with van der Waals surface area (Å²) >= 11 is 0. The van der Waals surface area contributed by atoms with Crippen LogP contribution in [0.2, 0.25) is 0 Å². The van der Waals surface area contributed by atoms with Crippen molar-refractivity contribution in [2.75, 3.05) is 13.7 Å². The number of carbonyl (C=O) groups excluding carboxylic acids is 1. The SMILES string of the molecule is COCCc1noc(CC(=O)c2ccnn2C)n1. The average molecular weight is 250 g/mol. The Kier molecular flexibility index (Phi) is 3.83. The number of ketones is 1. The number of hydrogen-bond acceptors (Lipinski definition) is 6. The van der Waals surface area contributed by atoms with E-state index in [-0.39, 0.29) is 12.2 Å². The van der Waals surface area contributed by atoms with E-state index in [1.165, 1.54) is 4.68 Å². The van der Waals surface area contributed by atoms with Crippen molar-refractivity contribution in [2.45, 2.75) is 12.8 Å². The van der Waals surface area contributed by atoms with Gasteiger partial charge in [-0.2, -0.15) is 10.1 Å². The number of hydrogen-bond donors (Lipinski definition) is 0. The second-order valence-corrected chi connectivity index (χ2v) is 3.79. The first-order valence-corrected chi connectivity index (χ1v) is 5.52. The van der Waals surface area contributed by atoms with Crippen molar-refractivity contribution < 1.29 is 14.1 Å². The predicted octanol–water partition coefficient (Wildman–Crippen LogP) is 0.417. The van der Waals surface area contributed by atoms with Crippen molar-refractivity contribution >= 4 is 5.78 Å². The summed E-state index contributed by atoms with van der Waals surface area (Å²) in [7, 11) is 3.32. The molecule has 0 atom stereocenters. The number of rotatable bonds is 6. The maximum atomic E-state index is 11.9. The molecule has 0 amide bonds. The van der Waals surface area contributed by atoms with E-state index in [9.17, 15) is 4.79 Å². The molecule has 2 aromatic rings. The van der Waals surface area contributed by atoms with Gasteiger partial charge in [0.2, 0.25) is 5.89 Å². The topological polar surface area (TPSA) is 83.0 Å². The zero-order chi connectivity index (χ0) is 13.0. The summed E-state index contributed by atoms with van der Waals surface area (Å²) in [4.78, 5) is 16.0. The van der Waals surface area contributed by atoms with Crippen molar-refractivity contribution in [1.29, 1.82) is 0 Å². The maximum absolute atomic E-state index is 11.9. The van der Waals surface area contributed by atoms with Crippen LogP contribution in [0.1, 0.15) is 22.2 Å². The molecule has 0 aliphatic heterocycles. The summed E-state index contributed by atoms with van der Waals surface area (Å²) in [5, 5.41) is 7.71. The second kappa shape index (κ2) is 5.54. The van der Waals surface area contributed by atoms with E-state index in [4.69, 9.17) is 9.26 Å². The van der Waals surface area contributed by atoms with Crippen LogP contribution in [0.4, 0.5) is 0 Å². The van der Waals surface area contributed by atoms with E-state index in [0.29, 0.717) is 30.4 Å². The minimum atomic E-state index is -0.100. The summed E-state index contributed by atoms with van der Waals surface area (Å²) < 4.78 is 11.4. The van der Waals surface area contributed by atoms with Gasteiger partial charge in [-0.15, -0.1) is 0 Å². The molecule has 96 valence electrons. The molecule has 0 bridgehead atoms. The van der Waals surface area contributed by atoms with E-state index in [1.54, 1.807) is 26.4 Å². The fraction of sp³-hybridized carbons (Fsp3) is 0.455. The lowest BCUT2D eigenvalue weighted by atomic mass is 10.2. The third-order valence-electron chi connectivity index (χ3n) is 2.46. The van der Waals surface area contributed by atoms with Gasteiger partial charge in [0.1, 0.15) is 5.69 Å². The molecule has 2 rings (SSSR count). The zero-order valence-electron chi connectivity index (χ0n) is 10.3. The zero-order valence-corrected chi connectivity index (χ0v) is 10.3. The third kappa shape index (κ3) is 2.80. The van der Waals surface area contributed by atoms with Gasteiger partial charge in [-0.25, -0.2) is 0 Å². The Morgan fingerprint density at radius 2 is 2.39 bits per heavy atom. The van der Waals surface area contributed by atoms with Crippen molar-refractivity contribution in [3.63, 3.8) is 0 Å². The second-order valence-electron chi connectivity index (χ2n) is 3.79. The Balaban J connectivity index is 1.99. The molecule has 0 saturated heterocycles. The summed E-state index contributed by atoms with van der Waals surface area (Å²) in [6.07, 6.45) is 2.23. The molecule has 2 heterocycles. The van der Waals surface area contributed by atoms with E-state index in [1.807, 2.05) is 0 Å². The number of Topliss-reactive ketones (excluding diaryl/α,β-unsaturated/α-hetero) is 1. The molecule has 0 aliphatic rings. The minimum absolute atomic E-state index is 0.0829. The maximum Gasteiger partial charge on any atom is 0.234 e. The number of carbonyl (C=O) groups is 1. The van der Waals surface area contributed by atoms with Crippen molar-refractivity contribution in [3.8, 4) is 0 Å². The Morgan fingerprint density at radius 1 is 1.56 bits per heavy atom. The molecule has 2 aromatic heterocycles. The van der Waals surface area contributed by atoms with Crippen LogP contribution in [-0.2, 0) is 24.6 Å². The van der Waals surface area contributed by atoms with Crippen LogP contribution < -0.4 is 0 Å². The first-order valence-electron chi connectivity index (χ1n) is 5.52. The number of aryl methyl sites for hydroxylation is 1. The van der Waals surface area contributed by atoms with Gasteiger partial charge in [-0.1, -0.05) is 5.16 Å². The molecule has 0 fully saturated rings. The lowest BCUT2D eigenvalue weighted by molar-refractivity contribution is 0.0974. The Labute approximate surface area is 104 Å². The standard InChI is InChI=1S/C11H14N4O3/c1-15-8(3-5-12-15)9(16)7-11-13-10(14-18-11)4-6-17-2/h3,5H,4,6-7H2,1-2H3. The first kappa shape index (κ1) is 12.4. The molecule has 0 aromatic carbocycles. The van der Waals surface area contributed by atoms with Crippen LogP contribution in [-0.4, -0.2) is 39.4 Å². The van der Waals surface area contributed by atoms with E-state index >= 15 is 0 Å². The van der Waals surface area contributed by atoms with Crippen LogP contribution in [0.5, 0.6) is 0 Å². The quantitative estimate of drug-likeness (QED) is 0.691. The first-order chi connectivity index (χ1) is 8.70. The Morgan fingerprint density at radius 3 is 3.06 bits per heavy atom. The molecule has 7 heteroatoms. The van der Waals surface area contributed by atoms with Crippen LogP contribution in [0.3, 0.4) is 0 Å². The average Bonchev–Trinajstić information content (AvgIpc) is 2.95. The summed E-state index contributed by atoms with van der Waals surface area (Å²) in [5.41, 5.74) is 0.520. The van der Waals surface area contributed by atoms with Gasteiger partial charge in [0.05, 0.1) is 13.0 Å². The van der Waals surface area contributed by atoms with Gasteiger partial charge in [0.15, 0.2) is 11.6 Å². The van der Waals surface area contributed by atoms with Gasteiger partial charge in [-0.3, -0.25) is 9.48 Å². The highest BCUT2D eigenvalue weighted by molar-refractivity contribution is 5.95. The Bertz CT molecular complexity index is 532. The summed E-state index contributed by atoms with van der Waals surface area (Å²) in [5.74, 6) is 0.758. The summed E-state index contributed by atoms with van der Waals surface area (Å²) in [6.45, 7) is 0.522. The fourth-order valence-electron chi connectivity index (χ4n) is 1.53. The fourth-order valence-corrected chi connectivity index (χ4v) is 1.53. The molecule has 0 N–H and O–H groups in total. The molecular weight excluding hydrogens is 236 g/mol. The molecule has 18 heavy (non-hydrogen) atoms. The highest BCUT2D eigenvalue weighted by Gasteiger charge is 2.15. The molecule has 0 saturated carbocycles. The highest BCUT2D eigenvalue weighted by atomic mass is 16.5. The van der Waals surface area contributed by atoms with E-state index in [0.717, 1.165) is 0 Å². The molecule has 0 unspecified atom stereocenters. The van der Waals surface area contributed by atoms with Crippen LogP contribution in [0.25, 0.3) is 0 Å². The summed E-state index contributed by atoms with van der Waals surface area (Å²) in [6, 6.07) is 1.66. The van der Waals surface area contributed by atoms with Crippen molar-refractivity contribution in [1.82, 2.24) is 19.9 Å². The van der Waals surface area contributed by atoms with E-state index < -0.39 is 0 Å². The van der Waals surface area contributed by atoms with Gasteiger partial charge in [0.25, 0.3) is 0 Å². The van der Waals surface area contributed by atoms with Crippen LogP contribution in [0.15, 0.2) is 16.8 Å². The van der Waals surface area contributed by atoms with Crippen LogP contribution >= 0.6 is 0 Å². The molecule has 7 nitrogen and oxygen atoms in total. The molecule has 0 spiro atoms. The molecule has 0 aliphatic carbocycles. The number of nitrogens with zero attached hydrogens (tertiary/aromatic N) is 4. The van der Waals surface area contributed by atoms with Gasteiger partial charge < -0.3 is 9.26 Å². The molecule has 0 radical (unpaired) electrons. The number of methoxy groups -OCH3 is 1. The van der Waals surface area contributed by atoms with Gasteiger partial charge in [0, 0.05) is 26.8 Å².